The van der Waals surface area contributed by atoms with Crippen molar-refractivity contribution in [3.8, 4) is 0 Å². The number of hydrogen-bond acceptors (Lipinski definition) is 3. The van der Waals surface area contributed by atoms with Crippen LogP contribution in [0, 0.1) is 5.41 Å². The van der Waals surface area contributed by atoms with Gasteiger partial charge in [-0.2, -0.15) is 0 Å². The van der Waals surface area contributed by atoms with Crippen molar-refractivity contribution in [2.75, 3.05) is 20.6 Å². The van der Waals surface area contributed by atoms with Gasteiger partial charge in [0.1, 0.15) is 5.41 Å². The molecule has 1 saturated carbocycles. The number of amides is 2. The van der Waals surface area contributed by atoms with Gasteiger partial charge in [-0.05, 0) is 12.8 Å². The quantitative estimate of drug-likeness (QED) is 0.656. The van der Waals surface area contributed by atoms with Crippen molar-refractivity contribution in [3.63, 3.8) is 0 Å². The van der Waals surface area contributed by atoms with Gasteiger partial charge in [-0.3, -0.25) is 14.4 Å². The van der Waals surface area contributed by atoms with Crippen LogP contribution in [-0.4, -0.2) is 48.4 Å². The third-order valence-corrected chi connectivity index (χ3v) is 3.17. The van der Waals surface area contributed by atoms with Gasteiger partial charge in [-0.1, -0.05) is 6.42 Å². The second kappa shape index (κ2) is 5.16. The van der Waals surface area contributed by atoms with Crippen LogP contribution >= 0.6 is 0 Å². The Labute approximate surface area is 100.0 Å². The van der Waals surface area contributed by atoms with Crippen LogP contribution in [0.1, 0.15) is 25.7 Å². The number of nitrogens with zero attached hydrogens (tertiary/aromatic N) is 1. The smallest absolute Gasteiger partial charge is 0.319 e. The fraction of sp³-hybridized carbons (Fsp3) is 0.727. The van der Waals surface area contributed by atoms with E-state index in [2.05, 4.69) is 5.32 Å². The Morgan fingerprint density at radius 2 is 1.88 bits per heavy atom. The highest BCUT2D eigenvalue weighted by Crippen LogP contribution is 2.41. The van der Waals surface area contributed by atoms with Gasteiger partial charge < -0.3 is 15.3 Å². The van der Waals surface area contributed by atoms with Gasteiger partial charge in [0, 0.05) is 27.1 Å². The Morgan fingerprint density at radius 1 is 1.29 bits per heavy atom. The molecular formula is C11H18N2O4. The van der Waals surface area contributed by atoms with Gasteiger partial charge in [0.2, 0.25) is 11.8 Å². The van der Waals surface area contributed by atoms with E-state index in [1.165, 1.54) is 4.90 Å². The van der Waals surface area contributed by atoms with E-state index in [-0.39, 0.29) is 18.9 Å². The molecule has 0 unspecified atom stereocenters. The van der Waals surface area contributed by atoms with Crippen molar-refractivity contribution in [2.45, 2.75) is 25.7 Å². The standard InChI is InChI=1S/C11H18N2O4/c1-13(2)8(14)4-7-12-9(15)11(10(16)17)5-3-6-11/h3-7H2,1-2H3,(H,12,15)(H,16,17). The molecule has 1 aliphatic carbocycles. The third kappa shape index (κ3) is 2.75. The molecule has 1 aliphatic rings. The van der Waals surface area contributed by atoms with E-state index in [9.17, 15) is 14.4 Å². The average molecular weight is 242 g/mol. The first-order chi connectivity index (χ1) is 7.90. The van der Waals surface area contributed by atoms with Crippen LogP contribution in [0.3, 0.4) is 0 Å². The molecule has 0 bridgehead atoms. The van der Waals surface area contributed by atoms with E-state index >= 15 is 0 Å². The number of carbonyl (C=O) groups is 3. The van der Waals surface area contributed by atoms with E-state index < -0.39 is 17.3 Å². The van der Waals surface area contributed by atoms with Crippen molar-refractivity contribution in [1.82, 2.24) is 10.2 Å². The minimum absolute atomic E-state index is 0.0942. The van der Waals surface area contributed by atoms with Gasteiger partial charge in [-0.25, -0.2) is 0 Å². The summed E-state index contributed by atoms with van der Waals surface area (Å²) in [5, 5.41) is 11.5. The average Bonchev–Trinajstić information content (AvgIpc) is 2.14. The van der Waals surface area contributed by atoms with Gasteiger partial charge in [0.25, 0.3) is 0 Å². The van der Waals surface area contributed by atoms with Crippen LogP contribution in [0.2, 0.25) is 0 Å². The molecule has 17 heavy (non-hydrogen) atoms. The Bertz CT molecular complexity index is 334. The second-order valence-electron chi connectivity index (χ2n) is 4.53. The fourth-order valence-electron chi connectivity index (χ4n) is 1.74. The van der Waals surface area contributed by atoms with Crippen molar-refractivity contribution in [2.24, 2.45) is 5.41 Å². The summed E-state index contributed by atoms with van der Waals surface area (Å²) in [5.74, 6) is -1.63. The summed E-state index contributed by atoms with van der Waals surface area (Å²) < 4.78 is 0. The van der Waals surface area contributed by atoms with Crippen LogP contribution in [0.4, 0.5) is 0 Å². The molecule has 0 aromatic heterocycles. The third-order valence-electron chi connectivity index (χ3n) is 3.17. The molecule has 6 heteroatoms. The lowest BCUT2D eigenvalue weighted by atomic mass is 9.68. The zero-order chi connectivity index (χ0) is 13.1. The molecule has 0 spiro atoms. The Hall–Kier alpha value is -1.59. The number of nitrogens with one attached hydrogen (secondary N) is 1. The molecule has 0 aliphatic heterocycles. The number of rotatable bonds is 5. The first kappa shape index (κ1) is 13.5. The minimum atomic E-state index is -1.25. The molecule has 0 atom stereocenters. The first-order valence-electron chi connectivity index (χ1n) is 5.62. The fourth-order valence-corrected chi connectivity index (χ4v) is 1.74. The summed E-state index contributed by atoms with van der Waals surface area (Å²) in [6, 6.07) is 0. The molecule has 0 heterocycles. The molecule has 0 radical (unpaired) electrons. The Morgan fingerprint density at radius 3 is 2.24 bits per heavy atom. The van der Waals surface area contributed by atoms with E-state index in [1.54, 1.807) is 14.1 Å². The number of aliphatic carboxylic acids is 1. The van der Waals surface area contributed by atoms with Crippen molar-refractivity contribution >= 4 is 17.8 Å². The highest BCUT2D eigenvalue weighted by atomic mass is 16.4. The van der Waals surface area contributed by atoms with E-state index in [0.717, 1.165) is 6.42 Å². The van der Waals surface area contributed by atoms with Crippen molar-refractivity contribution in [3.05, 3.63) is 0 Å². The van der Waals surface area contributed by atoms with Crippen LogP contribution < -0.4 is 5.32 Å². The Balaban J connectivity index is 2.40. The maximum Gasteiger partial charge on any atom is 0.319 e. The number of carboxylic acid groups (broad SMARTS) is 1. The molecule has 96 valence electrons. The lowest BCUT2D eigenvalue weighted by Gasteiger charge is -2.35. The molecule has 2 amide bonds. The highest BCUT2D eigenvalue weighted by Gasteiger charge is 2.50. The van der Waals surface area contributed by atoms with E-state index in [1.807, 2.05) is 0 Å². The molecule has 0 aromatic rings. The minimum Gasteiger partial charge on any atom is -0.480 e. The largest absolute Gasteiger partial charge is 0.480 e. The predicted octanol–water partition coefficient (Wildman–Crippen LogP) is -0.164. The number of carbonyl (C=O) groups excluding carboxylic acids is 2. The number of hydrogen-bond donors (Lipinski definition) is 2. The summed E-state index contributed by atoms with van der Waals surface area (Å²) in [5.41, 5.74) is -1.25. The molecule has 2 N–H and O–H groups in total. The molecule has 0 saturated heterocycles. The molecule has 0 aromatic carbocycles. The normalized spacial score (nSPS) is 16.8. The molecular weight excluding hydrogens is 224 g/mol. The molecule has 1 fully saturated rings. The summed E-state index contributed by atoms with van der Waals surface area (Å²) >= 11 is 0. The topological polar surface area (TPSA) is 86.7 Å². The first-order valence-corrected chi connectivity index (χ1v) is 5.62. The SMILES string of the molecule is CN(C)C(=O)CCNC(=O)C1(C(=O)O)CCC1. The summed E-state index contributed by atoms with van der Waals surface area (Å²) in [7, 11) is 3.27. The summed E-state index contributed by atoms with van der Waals surface area (Å²) in [6.45, 7) is 0.185. The van der Waals surface area contributed by atoms with Gasteiger partial charge in [0.15, 0.2) is 0 Å². The number of carboxylic acids is 1. The maximum atomic E-state index is 11.7. The van der Waals surface area contributed by atoms with Crippen LogP contribution in [0.5, 0.6) is 0 Å². The summed E-state index contributed by atoms with van der Waals surface area (Å²) in [4.78, 5) is 35.4. The van der Waals surface area contributed by atoms with Gasteiger partial charge in [0.05, 0.1) is 0 Å². The Kier molecular flexibility index (Phi) is 4.09. The van der Waals surface area contributed by atoms with E-state index in [0.29, 0.717) is 12.8 Å². The van der Waals surface area contributed by atoms with Crippen LogP contribution in [0.15, 0.2) is 0 Å². The van der Waals surface area contributed by atoms with Gasteiger partial charge in [-0.15, -0.1) is 0 Å². The lowest BCUT2D eigenvalue weighted by Crippen LogP contribution is -2.51. The second-order valence-corrected chi connectivity index (χ2v) is 4.53. The zero-order valence-corrected chi connectivity index (χ0v) is 10.2. The summed E-state index contributed by atoms with van der Waals surface area (Å²) in [6.07, 6.45) is 1.72. The predicted molar refractivity (Wildman–Crippen MR) is 60.2 cm³/mol. The van der Waals surface area contributed by atoms with E-state index in [4.69, 9.17) is 5.11 Å². The monoisotopic (exact) mass is 242 g/mol. The van der Waals surface area contributed by atoms with Crippen molar-refractivity contribution < 1.29 is 19.5 Å². The van der Waals surface area contributed by atoms with Crippen LogP contribution in [0.25, 0.3) is 0 Å². The lowest BCUT2D eigenvalue weighted by molar-refractivity contribution is -0.162. The van der Waals surface area contributed by atoms with Gasteiger partial charge >= 0.3 is 5.97 Å². The van der Waals surface area contributed by atoms with Crippen LogP contribution in [-0.2, 0) is 14.4 Å². The zero-order valence-electron chi connectivity index (χ0n) is 10.2. The maximum absolute atomic E-state index is 11.7. The highest BCUT2D eigenvalue weighted by molar-refractivity contribution is 6.02. The molecule has 6 nitrogen and oxygen atoms in total. The van der Waals surface area contributed by atoms with Crippen molar-refractivity contribution in [1.29, 1.82) is 0 Å². The molecule has 1 rings (SSSR count).